The van der Waals surface area contributed by atoms with Gasteiger partial charge in [0.1, 0.15) is 26.4 Å². The fraction of sp³-hybridized carbons (Fsp3) is 0.350. The molecule has 0 spiro atoms. The molecule has 0 aliphatic carbocycles. The highest BCUT2D eigenvalue weighted by Gasteiger charge is 2.34. The van der Waals surface area contributed by atoms with E-state index in [2.05, 4.69) is 4.72 Å². The smallest absolute Gasteiger partial charge is 0.241 e. The van der Waals surface area contributed by atoms with Crippen molar-refractivity contribution in [1.29, 1.82) is 0 Å². The maximum Gasteiger partial charge on any atom is 0.241 e. The van der Waals surface area contributed by atoms with Crippen molar-refractivity contribution in [2.75, 3.05) is 37.9 Å². The molecule has 0 saturated carbocycles. The average molecular weight is 432 g/mol. The predicted octanol–water partition coefficient (Wildman–Crippen LogP) is 1.31. The van der Waals surface area contributed by atoms with E-state index in [9.17, 15) is 13.2 Å². The van der Waals surface area contributed by atoms with Crippen molar-refractivity contribution in [3.05, 3.63) is 36.4 Å². The Hall–Kier alpha value is -2.98. The second-order valence-corrected chi connectivity index (χ2v) is 8.87. The van der Waals surface area contributed by atoms with Crippen LogP contribution in [0.5, 0.6) is 23.0 Å². The van der Waals surface area contributed by atoms with Gasteiger partial charge in [-0.2, -0.15) is 0 Å². The molecule has 1 fully saturated rings. The highest BCUT2D eigenvalue weighted by molar-refractivity contribution is 7.89. The quantitative estimate of drug-likeness (QED) is 0.777. The molecule has 1 atom stereocenters. The van der Waals surface area contributed by atoms with Crippen molar-refractivity contribution in [2.24, 2.45) is 0 Å². The molecular weight excluding hydrogens is 412 g/mol. The van der Waals surface area contributed by atoms with Crippen LogP contribution < -0.4 is 28.6 Å². The van der Waals surface area contributed by atoms with Crippen molar-refractivity contribution in [2.45, 2.75) is 17.4 Å². The van der Waals surface area contributed by atoms with Crippen LogP contribution >= 0.6 is 0 Å². The molecule has 1 unspecified atom stereocenters. The summed E-state index contributed by atoms with van der Waals surface area (Å²) in [5.74, 6) is 1.95. The zero-order valence-corrected chi connectivity index (χ0v) is 16.8. The summed E-state index contributed by atoms with van der Waals surface area (Å²) in [4.78, 5) is 14.2. The Bertz CT molecular complexity index is 1100. The van der Waals surface area contributed by atoms with Gasteiger partial charge in [0.05, 0.1) is 4.90 Å². The van der Waals surface area contributed by atoms with Crippen LogP contribution in [0.1, 0.15) is 6.42 Å². The summed E-state index contributed by atoms with van der Waals surface area (Å²) >= 11 is 0. The van der Waals surface area contributed by atoms with E-state index in [0.29, 0.717) is 55.1 Å². The monoisotopic (exact) mass is 432 g/mol. The van der Waals surface area contributed by atoms with Crippen LogP contribution in [-0.4, -0.2) is 53.3 Å². The number of nitrogens with one attached hydrogen (secondary N) is 1. The van der Waals surface area contributed by atoms with Gasteiger partial charge in [-0.3, -0.25) is 4.79 Å². The third-order valence-electron chi connectivity index (χ3n) is 5.11. The summed E-state index contributed by atoms with van der Waals surface area (Å²) in [6.45, 7) is 1.95. The highest BCUT2D eigenvalue weighted by atomic mass is 32.2. The zero-order valence-electron chi connectivity index (χ0n) is 16.0. The van der Waals surface area contributed by atoms with Gasteiger partial charge in [-0.1, -0.05) is 0 Å². The maximum atomic E-state index is 12.8. The standard InChI is InChI=1S/C20H20N2O7S/c23-20-9-13(12-22(20)14-1-3-16-18(10-14)28-7-5-26-16)21-30(24,25)15-2-4-17-19(11-15)29-8-6-27-17/h1-4,10-11,13,21H,5-9,12H2. The Morgan fingerprint density at radius 3 is 2.13 bits per heavy atom. The second-order valence-electron chi connectivity index (χ2n) is 7.16. The first kappa shape index (κ1) is 19.0. The van der Waals surface area contributed by atoms with Crippen molar-refractivity contribution >= 4 is 21.6 Å². The Balaban J connectivity index is 1.32. The normalized spacial score (nSPS) is 20.3. The van der Waals surface area contributed by atoms with Crippen molar-refractivity contribution in [1.82, 2.24) is 4.72 Å². The molecule has 1 amide bonds. The van der Waals surface area contributed by atoms with E-state index in [4.69, 9.17) is 18.9 Å². The van der Waals surface area contributed by atoms with Crippen LogP contribution in [0.4, 0.5) is 5.69 Å². The molecule has 158 valence electrons. The van der Waals surface area contributed by atoms with Crippen LogP contribution in [0, 0.1) is 0 Å². The van der Waals surface area contributed by atoms with Gasteiger partial charge in [0.25, 0.3) is 0 Å². The molecule has 2 aromatic rings. The number of rotatable bonds is 4. The molecule has 5 rings (SSSR count). The van der Waals surface area contributed by atoms with E-state index in [0.717, 1.165) is 0 Å². The van der Waals surface area contributed by atoms with Gasteiger partial charge < -0.3 is 23.8 Å². The maximum absolute atomic E-state index is 12.8. The third kappa shape index (κ3) is 3.52. The van der Waals surface area contributed by atoms with Crippen molar-refractivity contribution < 1.29 is 32.2 Å². The topological polar surface area (TPSA) is 103 Å². The van der Waals surface area contributed by atoms with E-state index >= 15 is 0 Å². The Morgan fingerprint density at radius 2 is 1.43 bits per heavy atom. The summed E-state index contributed by atoms with van der Waals surface area (Å²) < 4.78 is 50.3. The first-order valence-electron chi connectivity index (χ1n) is 9.62. The molecule has 3 aliphatic heterocycles. The highest BCUT2D eigenvalue weighted by Crippen LogP contribution is 2.36. The Kier molecular flexibility index (Phi) is 4.67. The second kappa shape index (κ2) is 7.37. The van der Waals surface area contributed by atoms with Gasteiger partial charge in [-0.15, -0.1) is 0 Å². The lowest BCUT2D eigenvalue weighted by molar-refractivity contribution is -0.117. The number of carbonyl (C=O) groups excluding carboxylic acids is 1. The van der Waals surface area contributed by atoms with E-state index < -0.39 is 16.1 Å². The molecule has 2 aromatic carbocycles. The van der Waals surface area contributed by atoms with Crippen molar-refractivity contribution in [3.63, 3.8) is 0 Å². The SMILES string of the molecule is O=C1CC(NS(=O)(=O)c2ccc3c(c2)OCCO3)CN1c1ccc2c(c1)OCCO2. The molecule has 1 N–H and O–H groups in total. The molecule has 0 aromatic heterocycles. The van der Waals surface area contributed by atoms with Gasteiger partial charge in [-0.05, 0) is 24.3 Å². The third-order valence-corrected chi connectivity index (χ3v) is 6.63. The van der Waals surface area contributed by atoms with E-state index in [1.165, 1.54) is 12.1 Å². The summed E-state index contributed by atoms with van der Waals surface area (Å²) in [5.41, 5.74) is 0.644. The number of anilines is 1. The molecule has 30 heavy (non-hydrogen) atoms. The number of benzene rings is 2. The fourth-order valence-electron chi connectivity index (χ4n) is 3.71. The number of nitrogens with zero attached hydrogens (tertiary/aromatic N) is 1. The molecule has 0 bridgehead atoms. The Labute approximate surface area is 173 Å². The number of fused-ring (bicyclic) bond motifs is 2. The van der Waals surface area contributed by atoms with Gasteiger partial charge in [0, 0.05) is 36.8 Å². The minimum Gasteiger partial charge on any atom is -0.486 e. The van der Waals surface area contributed by atoms with Crippen LogP contribution in [0.3, 0.4) is 0 Å². The number of hydrogen-bond acceptors (Lipinski definition) is 7. The fourth-order valence-corrected chi connectivity index (χ4v) is 4.96. The molecule has 10 heteroatoms. The average Bonchev–Trinajstić information content (AvgIpc) is 3.12. The summed E-state index contributed by atoms with van der Waals surface area (Å²) in [6, 6.07) is 9.18. The minimum atomic E-state index is -3.83. The zero-order chi connectivity index (χ0) is 20.7. The molecule has 1 saturated heterocycles. The molecule has 3 heterocycles. The summed E-state index contributed by atoms with van der Waals surface area (Å²) in [7, 11) is -3.83. The minimum absolute atomic E-state index is 0.0666. The molecule has 9 nitrogen and oxygen atoms in total. The van der Waals surface area contributed by atoms with E-state index in [1.54, 1.807) is 29.2 Å². The van der Waals surface area contributed by atoms with Gasteiger partial charge in [0.15, 0.2) is 23.0 Å². The first-order valence-corrected chi connectivity index (χ1v) is 11.1. The number of amides is 1. The van der Waals surface area contributed by atoms with Gasteiger partial charge >= 0.3 is 0 Å². The first-order chi connectivity index (χ1) is 14.5. The Morgan fingerprint density at radius 1 is 0.833 bits per heavy atom. The lowest BCUT2D eigenvalue weighted by Gasteiger charge is -2.22. The number of hydrogen-bond donors (Lipinski definition) is 1. The molecule has 0 radical (unpaired) electrons. The lowest BCUT2D eigenvalue weighted by atomic mass is 10.2. The van der Waals surface area contributed by atoms with Crippen molar-refractivity contribution in [3.8, 4) is 23.0 Å². The number of ether oxygens (including phenoxy) is 4. The number of carbonyl (C=O) groups is 1. The van der Waals surface area contributed by atoms with E-state index in [1.807, 2.05) is 0 Å². The van der Waals surface area contributed by atoms with E-state index in [-0.39, 0.29) is 23.8 Å². The van der Waals surface area contributed by atoms with Gasteiger partial charge in [0.2, 0.25) is 15.9 Å². The molecule has 3 aliphatic rings. The van der Waals surface area contributed by atoms with Crippen LogP contribution in [0.2, 0.25) is 0 Å². The van der Waals surface area contributed by atoms with Crippen LogP contribution in [0.15, 0.2) is 41.3 Å². The lowest BCUT2D eigenvalue weighted by Crippen LogP contribution is -2.37. The number of sulfonamides is 1. The van der Waals surface area contributed by atoms with Crippen LogP contribution in [0.25, 0.3) is 0 Å². The van der Waals surface area contributed by atoms with Crippen LogP contribution in [-0.2, 0) is 14.8 Å². The molecular formula is C20H20N2O7S. The predicted molar refractivity (Wildman–Crippen MR) is 106 cm³/mol. The van der Waals surface area contributed by atoms with Gasteiger partial charge in [-0.25, -0.2) is 13.1 Å². The largest absolute Gasteiger partial charge is 0.486 e. The summed E-state index contributed by atoms with van der Waals surface area (Å²) in [5, 5.41) is 0. The summed E-state index contributed by atoms with van der Waals surface area (Å²) in [6.07, 6.45) is 0.0677.